The summed E-state index contributed by atoms with van der Waals surface area (Å²) >= 11 is 0. The second-order valence-electron chi connectivity index (χ2n) is 2.89. The topological polar surface area (TPSA) is 26.3 Å². The van der Waals surface area contributed by atoms with E-state index < -0.39 is 5.97 Å². The minimum Gasteiger partial charge on any atom is -0.422 e. The van der Waals surface area contributed by atoms with Crippen LogP contribution < -0.4 is 4.74 Å². The lowest BCUT2D eigenvalue weighted by molar-refractivity contribution is 0.0734. The third kappa shape index (κ3) is 2.44. The van der Waals surface area contributed by atoms with Crippen molar-refractivity contribution in [3.05, 3.63) is 66.2 Å². The van der Waals surface area contributed by atoms with Crippen LogP contribution in [0.4, 0.5) is 0 Å². The van der Waals surface area contributed by atoms with Gasteiger partial charge in [-0.15, -0.1) is 0 Å². The highest BCUT2D eigenvalue weighted by molar-refractivity contribution is 5.90. The van der Waals surface area contributed by atoms with E-state index in [1.807, 2.05) is 6.07 Å². The number of para-hydroxylation sites is 1. The summed E-state index contributed by atoms with van der Waals surface area (Å²) in [7, 11) is 0. The van der Waals surface area contributed by atoms with Gasteiger partial charge in [-0.25, -0.2) is 4.79 Å². The van der Waals surface area contributed by atoms with Gasteiger partial charge in [0.2, 0.25) is 0 Å². The molecule has 0 aromatic heterocycles. The Morgan fingerprint density at radius 1 is 1.00 bits per heavy atom. The first-order valence-electron chi connectivity index (χ1n) is 4.52. The molecular weight excluding hydrogens is 188 g/mol. The predicted molar refractivity (Wildman–Crippen MR) is 55.5 cm³/mol. The quantitative estimate of drug-likeness (QED) is 0.545. The number of benzene rings is 2. The molecule has 2 aromatic rings. The highest BCUT2D eigenvalue weighted by atomic mass is 16.5. The summed E-state index contributed by atoms with van der Waals surface area (Å²) in [5.74, 6) is -0.00203. The summed E-state index contributed by atoms with van der Waals surface area (Å²) in [6.07, 6.45) is 0. The van der Waals surface area contributed by atoms with E-state index in [1.165, 1.54) is 0 Å². The monoisotopic (exact) mass is 196 g/mol. The molecule has 0 bridgehead atoms. The summed E-state index contributed by atoms with van der Waals surface area (Å²) in [6.45, 7) is 0. The van der Waals surface area contributed by atoms with E-state index >= 15 is 0 Å². The van der Waals surface area contributed by atoms with Gasteiger partial charge in [0.25, 0.3) is 0 Å². The molecule has 0 amide bonds. The predicted octanol–water partition coefficient (Wildman–Crippen LogP) is 2.51. The minimum atomic E-state index is -0.418. The van der Waals surface area contributed by atoms with Crippen LogP contribution in [0.1, 0.15) is 10.4 Å². The van der Waals surface area contributed by atoms with Crippen LogP contribution in [-0.2, 0) is 0 Å². The first kappa shape index (κ1) is 9.46. The van der Waals surface area contributed by atoms with E-state index in [4.69, 9.17) is 4.74 Å². The van der Waals surface area contributed by atoms with Gasteiger partial charge in [0.15, 0.2) is 0 Å². The van der Waals surface area contributed by atoms with Crippen molar-refractivity contribution in [3.8, 4) is 5.75 Å². The van der Waals surface area contributed by atoms with Gasteiger partial charge in [0, 0.05) is 6.07 Å². The number of esters is 1. The molecule has 0 saturated heterocycles. The molecule has 15 heavy (non-hydrogen) atoms. The fraction of sp³-hybridized carbons (Fsp3) is 0. The summed E-state index contributed by atoms with van der Waals surface area (Å²) in [5, 5.41) is 0. The van der Waals surface area contributed by atoms with Crippen LogP contribution >= 0.6 is 0 Å². The molecule has 0 atom stereocenters. The Morgan fingerprint density at radius 3 is 2.33 bits per heavy atom. The third-order valence-corrected chi connectivity index (χ3v) is 1.81. The maximum absolute atomic E-state index is 11.5. The molecule has 0 N–H and O–H groups in total. The van der Waals surface area contributed by atoms with E-state index in [0.29, 0.717) is 11.3 Å². The van der Waals surface area contributed by atoms with E-state index in [2.05, 4.69) is 12.1 Å². The number of hydrogen-bond donors (Lipinski definition) is 0. The number of carbonyl (C=O) groups excluding carboxylic acids is 1. The van der Waals surface area contributed by atoms with Crippen molar-refractivity contribution < 1.29 is 9.53 Å². The van der Waals surface area contributed by atoms with Crippen molar-refractivity contribution in [2.24, 2.45) is 0 Å². The van der Waals surface area contributed by atoms with Crippen LogP contribution in [0, 0.1) is 12.1 Å². The molecule has 2 rings (SSSR count). The Bertz CT molecular complexity index is 435. The molecule has 0 fully saturated rings. The van der Waals surface area contributed by atoms with Crippen LogP contribution in [0.3, 0.4) is 0 Å². The maximum atomic E-state index is 11.5. The van der Waals surface area contributed by atoms with Crippen molar-refractivity contribution in [2.75, 3.05) is 0 Å². The maximum Gasteiger partial charge on any atom is 0.344 e. The molecule has 0 aliphatic rings. The average molecular weight is 196 g/mol. The van der Waals surface area contributed by atoms with Crippen LogP contribution in [0.25, 0.3) is 0 Å². The van der Waals surface area contributed by atoms with Gasteiger partial charge in [0.1, 0.15) is 5.75 Å². The second-order valence-corrected chi connectivity index (χ2v) is 2.89. The van der Waals surface area contributed by atoms with Gasteiger partial charge in [-0.05, 0) is 18.2 Å². The van der Waals surface area contributed by atoms with E-state index in [1.54, 1.807) is 42.5 Å². The molecule has 72 valence electrons. The molecule has 0 spiro atoms. The average Bonchev–Trinajstić information content (AvgIpc) is 2.31. The standard InChI is InChI=1S/C13H8O2/c14-13(11-7-3-1-4-8-11)15-12-9-5-2-6-10-12/h1-7,9H. The van der Waals surface area contributed by atoms with Gasteiger partial charge in [0.05, 0.1) is 5.56 Å². The molecule has 0 unspecified atom stereocenters. The molecular formula is C13H8O2. The van der Waals surface area contributed by atoms with Crippen LogP contribution in [-0.4, -0.2) is 5.97 Å². The zero-order chi connectivity index (χ0) is 10.5. The third-order valence-electron chi connectivity index (χ3n) is 1.81. The molecule has 2 radical (unpaired) electrons. The molecule has 0 saturated carbocycles. The molecule has 0 aliphatic heterocycles. The van der Waals surface area contributed by atoms with Crippen LogP contribution in [0.15, 0.2) is 48.5 Å². The zero-order valence-electron chi connectivity index (χ0n) is 7.94. The van der Waals surface area contributed by atoms with Crippen molar-refractivity contribution >= 4 is 5.97 Å². The number of hydrogen-bond acceptors (Lipinski definition) is 2. The first-order chi connectivity index (χ1) is 7.36. The zero-order valence-corrected chi connectivity index (χ0v) is 7.94. The largest absolute Gasteiger partial charge is 0.422 e. The molecule has 2 nitrogen and oxygen atoms in total. The lowest BCUT2D eigenvalue weighted by Gasteiger charge is -2.02. The van der Waals surface area contributed by atoms with Gasteiger partial charge >= 0.3 is 5.97 Å². The first-order valence-corrected chi connectivity index (χ1v) is 4.52. The summed E-state index contributed by atoms with van der Waals surface area (Å²) in [6, 6.07) is 19.5. The van der Waals surface area contributed by atoms with Crippen molar-refractivity contribution in [2.45, 2.75) is 0 Å². The SMILES string of the molecule is O=C(Oc1[c]cccc1)c1[c]cccc1. The van der Waals surface area contributed by atoms with Crippen LogP contribution in [0.5, 0.6) is 5.75 Å². The van der Waals surface area contributed by atoms with E-state index in [0.717, 1.165) is 0 Å². The van der Waals surface area contributed by atoms with E-state index in [-0.39, 0.29) is 0 Å². The Balaban J connectivity index is 2.12. The Hall–Kier alpha value is -2.09. The van der Waals surface area contributed by atoms with Crippen LogP contribution in [0.2, 0.25) is 0 Å². The summed E-state index contributed by atoms with van der Waals surface area (Å²) in [4.78, 5) is 11.5. The lowest BCUT2D eigenvalue weighted by atomic mass is 10.2. The lowest BCUT2D eigenvalue weighted by Crippen LogP contribution is -2.08. The van der Waals surface area contributed by atoms with Gasteiger partial charge in [-0.2, -0.15) is 0 Å². The van der Waals surface area contributed by atoms with Crippen molar-refractivity contribution in [1.82, 2.24) is 0 Å². The fourth-order valence-corrected chi connectivity index (χ4v) is 1.12. The molecule has 0 heterocycles. The smallest absolute Gasteiger partial charge is 0.344 e. The molecule has 0 aliphatic carbocycles. The Morgan fingerprint density at radius 2 is 1.73 bits per heavy atom. The summed E-state index contributed by atoms with van der Waals surface area (Å²) in [5.41, 5.74) is 0.412. The van der Waals surface area contributed by atoms with Gasteiger partial charge in [-0.1, -0.05) is 36.4 Å². The number of carbonyl (C=O) groups is 1. The normalized spacial score (nSPS) is 9.60. The van der Waals surface area contributed by atoms with Gasteiger partial charge in [-0.3, -0.25) is 0 Å². The molecule has 2 aromatic carbocycles. The Kier molecular flexibility index (Phi) is 2.79. The van der Waals surface area contributed by atoms with E-state index in [9.17, 15) is 4.79 Å². The second kappa shape index (κ2) is 4.42. The summed E-state index contributed by atoms with van der Waals surface area (Å²) < 4.78 is 5.07. The number of rotatable bonds is 2. The highest BCUT2D eigenvalue weighted by Gasteiger charge is 2.06. The molecule has 2 heteroatoms. The minimum absolute atomic E-state index is 0.412. The van der Waals surface area contributed by atoms with Crippen molar-refractivity contribution in [1.29, 1.82) is 0 Å². The van der Waals surface area contributed by atoms with Gasteiger partial charge < -0.3 is 4.74 Å². The number of ether oxygens (including phenoxy) is 1. The Labute approximate surface area is 88.1 Å². The van der Waals surface area contributed by atoms with Crippen molar-refractivity contribution in [3.63, 3.8) is 0 Å². The highest BCUT2D eigenvalue weighted by Crippen LogP contribution is 2.10. The fourth-order valence-electron chi connectivity index (χ4n) is 1.12.